The summed E-state index contributed by atoms with van der Waals surface area (Å²) < 4.78 is 5.52. The quantitative estimate of drug-likeness (QED) is 0.427. The Morgan fingerprint density at radius 1 is 1.64 bits per heavy atom. The first-order chi connectivity index (χ1) is 6.57. The van der Waals surface area contributed by atoms with Crippen molar-refractivity contribution in [2.45, 2.75) is 19.4 Å². The molecule has 0 spiro atoms. The van der Waals surface area contributed by atoms with Gasteiger partial charge in [-0.1, -0.05) is 5.92 Å². The third kappa shape index (κ3) is 2.64. The topological polar surface area (TPSA) is 60.2 Å². The van der Waals surface area contributed by atoms with Crippen LogP contribution in [0.4, 0.5) is 5.82 Å². The standard InChI is InChI=1S/C10H13N3O/c1-4-10(2,3)14-8-5-6-12-9(7-8)13-11/h1,5-7H,11H2,2-3H3,(H,12,13). The fourth-order valence-electron chi connectivity index (χ4n) is 0.878. The number of pyridine rings is 1. The van der Waals surface area contributed by atoms with E-state index in [9.17, 15) is 0 Å². The third-order valence-corrected chi connectivity index (χ3v) is 1.60. The lowest BCUT2D eigenvalue weighted by Gasteiger charge is -2.20. The number of nitrogens with one attached hydrogen (secondary N) is 1. The molecule has 0 aromatic carbocycles. The van der Waals surface area contributed by atoms with Crippen molar-refractivity contribution in [3.05, 3.63) is 18.3 Å². The molecule has 0 atom stereocenters. The molecule has 3 N–H and O–H groups in total. The highest BCUT2D eigenvalue weighted by molar-refractivity contribution is 5.39. The van der Waals surface area contributed by atoms with Crippen molar-refractivity contribution in [2.75, 3.05) is 5.43 Å². The van der Waals surface area contributed by atoms with E-state index in [-0.39, 0.29) is 0 Å². The molecular formula is C10H13N3O. The Kier molecular flexibility index (Phi) is 2.95. The van der Waals surface area contributed by atoms with Crippen LogP contribution in [0.1, 0.15) is 13.8 Å². The van der Waals surface area contributed by atoms with Crippen LogP contribution >= 0.6 is 0 Å². The van der Waals surface area contributed by atoms with Crippen molar-refractivity contribution in [3.63, 3.8) is 0 Å². The minimum atomic E-state index is -0.632. The van der Waals surface area contributed by atoms with Gasteiger partial charge in [0.05, 0.1) is 0 Å². The van der Waals surface area contributed by atoms with Gasteiger partial charge in [0.15, 0.2) is 5.60 Å². The predicted octanol–water partition coefficient (Wildman–Crippen LogP) is 1.16. The van der Waals surface area contributed by atoms with Crippen LogP contribution in [0, 0.1) is 12.3 Å². The monoisotopic (exact) mass is 191 g/mol. The summed E-state index contributed by atoms with van der Waals surface area (Å²) in [7, 11) is 0. The van der Waals surface area contributed by atoms with Crippen molar-refractivity contribution in [2.24, 2.45) is 5.84 Å². The molecule has 1 aromatic rings. The first-order valence-electron chi connectivity index (χ1n) is 4.17. The Morgan fingerprint density at radius 3 is 2.93 bits per heavy atom. The van der Waals surface area contributed by atoms with Crippen LogP contribution in [-0.2, 0) is 0 Å². The van der Waals surface area contributed by atoms with Crippen molar-refractivity contribution in [1.82, 2.24) is 4.98 Å². The fourth-order valence-corrected chi connectivity index (χ4v) is 0.878. The molecule has 1 aromatic heterocycles. The van der Waals surface area contributed by atoms with Gasteiger partial charge in [0.2, 0.25) is 0 Å². The van der Waals surface area contributed by atoms with E-state index >= 15 is 0 Å². The molecule has 4 heteroatoms. The molecule has 0 amide bonds. The van der Waals surface area contributed by atoms with Gasteiger partial charge in [-0.2, -0.15) is 0 Å². The second-order valence-corrected chi connectivity index (χ2v) is 3.28. The highest BCUT2D eigenvalue weighted by Gasteiger charge is 2.15. The maximum Gasteiger partial charge on any atom is 0.163 e. The van der Waals surface area contributed by atoms with E-state index in [2.05, 4.69) is 16.3 Å². The van der Waals surface area contributed by atoms with E-state index in [1.807, 2.05) is 13.8 Å². The van der Waals surface area contributed by atoms with Crippen LogP contribution in [0.15, 0.2) is 18.3 Å². The lowest BCUT2D eigenvalue weighted by atomic mass is 10.1. The molecule has 0 aliphatic heterocycles. The molecule has 74 valence electrons. The second-order valence-electron chi connectivity index (χ2n) is 3.28. The molecule has 0 radical (unpaired) electrons. The smallest absolute Gasteiger partial charge is 0.163 e. The number of rotatable bonds is 3. The molecular weight excluding hydrogens is 178 g/mol. The third-order valence-electron chi connectivity index (χ3n) is 1.60. The van der Waals surface area contributed by atoms with E-state index in [4.69, 9.17) is 17.0 Å². The Morgan fingerprint density at radius 2 is 2.36 bits per heavy atom. The summed E-state index contributed by atoms with van der Waals surface area (Å²) in [4.78, 5) is 3.95. The molecule has 14 heavy (non-hydrogen) atoms. The number of anilines is 1. The Labute approximate surface area is 83.4 Å². The zero-order valence-electron chi connectivity index (χ0n) is 8.24. The number of nitrogens with two attached hydrogens (primary N) is 1. The number of aromatic nitrogens is 1. The highest BCUT2D eigenvalue weighted by atomic mass is 16.5. The molecule has 0 aliphatic carbocycles. The predicted molar refractivity (Wildman–Crippen MR) is 55.6 cm³/mol. The van der Waals surface area contributed by atoms with Crippen LogP contribution in [-0.4, -0.2) is 10.6 Å². The van der Waals surface area contributed by atoms with Crippen LogP contribution in [0.25, 0.3) is 0 Å². The zero-order chi connectivity index (χ0) is 10.6. The van der Waals surface area contributed by atoms with Gasteiger partial charge in [0, 0.05) is 12.3 Å². The zero-order valence-corrected chi connectivity index (χ0v) is 8.24. The van der Waals surface area contributed by atoms with E-state index in [1.54, 1.807) is 18.3 Å². The number of hydrazine groups is 1. The summed E-state index contributed by atoms with van der Waals surface area (Å²) in [6.07, 6.45) is 6.89. The Hall–Kier alpha value is -1.73. The van der Waals surface area contributed by atoms with Gasteiger partial charge in [-0.25, -0.2) is 10.8 Å². The SMILES string of the molecule is C#CC(C)(C)Oc1ccnc(NN)c1. The van der Waals surface area contributed by atoms with Gasteiger partial charge in [-0.05, 0) is 19.9 Å². The van der Waals surface area contributed by atoms with Crippen molar-refractivity contribution >= 4 is 5.82 Å². The molecule has 0 saturated heterocycles. The van der Waals surface area contributed by atoms with Gasteiger partial charge >= 0.3 is 0 Å². The molecule has 1 heterocycles. The molecule has 0 bridgehead atoms. The number of nitrogens with zero attached hydrogens (tertiary/aromatic N) is 1. The van der Waals surface area contributed by atoms with Gasteiger partial charge in [0.25, 0.3) is 0 Å². The van der Waals surface area contributed by atoms with Crippen LogP contribution in [0.3, 0.4) is 0 Å². The van der Waals surface area contributed by atoms with Crippen LogP contribution < -0.4 is 16.0 Å². The second kappa shape index (κ2) is 3.99. The summed E-state index contributed by atoms with van der Waals surface area (Å²) >= 11 is 0. The van der Waals surface area contributed by atoms with E-state index < -0.39 is 5.60 Å². The van der Waals surface area contributed by atoms with Crippen molar-refractivity contribution < 1.29 is 4.74 Å². The molecule has 0 aliphatic rings. The van der Waals surface area contributed by atoms with Gasteiger partial charge in [-0.3, -0.25) is 0 Å². The van der Waals surface area contributed by atoms with E-state index in [0.717, 1.165) is 0 Å². The van der Waals surface area contributed by atoms with E-state index in [0.29, 0.717) is 11.6 Å². The van der Waals surface area contributed by atoms with Crippen molar-refractivity contribution in [1.29, 1.82) is 0 Å². The van der Waals surface area contributed by atoms with Gasteiger partial charge in [-0.15, -0.1) is 6.42 Å². The normalized spacial score (nSPS) is 10.4. The largest absolute Gasteiger partial charge is 0.475 e. The first-order valence-corrected chi connectivity index (χ1v) is 4.17. The molecule has 1 rings (SSSR count). The maximum atomic E-state index is 5.52. The summed E-state index contributed by atoms with van der Waals surface area (Å²) in [6, 6.07) is 3.40. The number of terminal acetylenes is 1. The Bertz CT molecular complexity index is 355. The van der Waals surface area contributed by atoms with Gasteiger partial charge < -0.3 is 10.2 Å². The maximum absolute atomic E-state index is 5.52. The average Bonchev–Trinajstić information content (AvgIpc) is 2.17. The minimum absolute atomic E-state index is 0.537. The van der Waals surface area contributed by atoms with E-state index in [1.165, 1.54) is 0 Å². The van der Waals surface area contributed by atoms with Crippen molar-refractivity contribution in [3.8, 4) is 18.1 Å². The highest BCUT2D eigenvalue weighted by Crippen LogP contribution is 2.19. The number of hydrogen-bond donors (Lipinski definition) is 2. The minimum Gasteiger partial charge on any atom is -0.475 e. The summed E-state index contributed by atoms with van der Waals surface area (Å²) in [5.41, 5.74) is 1.80. The fraction of sp³-hybridized carbons (Fsp3) is 0.300. The van der Waals surface area contributed by atoms with Crippen LogP contribution in [0.5, 0.6) is 5.75 Å². The molecule has 0 unspecified atom stereocenters. The average molecular weight is 191 g/mol. The first kappa shape index (κ1) is 10.4. The number of ether oxygens (including phenoxy) is 1. The molecule has 4 nitrogen and oxygen atoms in total. The number of nitrogen functional groups attached to an aromatic ring is 1. The van der Waals surface area contributed by atoms with Crippen LogP contribution in [0.2, 0.25) is 0 Å². The van der Waals surface area contributed by atoms with Gasteiger partial charge in [0.1, 0.15) is 11.6 Å². The molecule has 0 fully saturated rings. The summed E-state index contributed by atoms with van der Waals surface area (Å²) in [5, 5.41) is 0. The lowest BCUT2D eigenvalue weighted by Crippen LogP contribution is -2.25. The number of hydrogen-bond acceptors (Lipinski definition) is 4. The summed E-state index contributed by atoms with van der Waals surface area (Å²) in [5.74, 6) is 8.91. The Balaban J connectivity index is 2.83. The molecule has 0 saturated carbocycles. The summed E-state index contributed by atoms with van der Waals surface area (Å²) in [6.45, 7) is 3.62. The lowest BCUT2D eigenvalue weighted by molar-refractivity contribution is 0.172.